The summed E-state index contributed by atoms with van der Waals surface area (Å²) in [5.41, 5.74) is 2.91. The molecule has 1 unspecified atom stereocenters. The number of nitrogens with one attached hydrogen (secondary N) is 4. The number of aryl methyl sites for hydroxylation is 1. The van der Waals surface area contributed by atoms with E-state index in [0.717, 1.165) is 28.2 Å². The fourth-order valence-electron chi connectivity index (χ4n) is 3.68. The van der Waals surface area contributed by atoms with E-state index < -0.39 is 29.7 Å². The Morgan fingerprint density at radius 1 is 1.06 bits per heavy atom. The van der Waals surface area contributed by atoms with Crippen LogP contribution in [0.5, 0.6) is 0 Å². The van der Waals surface area contributed by atoms with E-state index in [1.807, 2.05) is 6.07 Å². The van der Waals surface area contributed by atoms with Gasteiger partial charge in [-0.2, -0.15) is 0 Å². The molecule has 0 radical (unpaired) electrons. The van der Waals surface area contributed by atoms with Gasteiger partial charge in [-0.25, -0.2) is 4.79 Å². The monoisotopic (exact) mass is 526 g/mol. The summed E-state index contributed by atoms with van der Waals surface area (Å²) in [5, 5.41) is 21.7. The van der Waals surface area contributed by atoms with Gasteiger partial charge in [0, 0.05) is 18.8 Å². The SMILES string of the molecule is Cc1cc(C(=O)NCc2cccc3c2CC(=O)N3)sc1C(=O)NC(CNC(=O)c1cccs1)C(=O)O. The predicted molar refractivity (Wildman–Crippen MR) is 135 cm³/mol. The summed E-state index contributed by atoms with van der Waals surface area (Å²) in [6, 6.07) is 8.95. The van der Waals surface area contributed by atoms with Gasteiger partial charge >= 0.3 is 5.97 Å². The molecule has 36 heavy (non-hydrogen) atoms. The summed E-state index contributed by atoms with van der Waals surface area (Å²) in [5.74, 6) is -2.87. The highest BCUT2D eigenvalue weighted by molar-refractivity contribution is 7.16. The van der Waals surface area contributed by atoms with Crippen LogP contribution in [-0.4, -0.2) is 47.3 Å². The first-order valence-corrected chi connectivity index (χ1v) is 12.6. The van der Waals surface area contributed by atoms with Crippen molar-refractivity contribution in [2.24, 2.45) is 0 Å². The normalized spacial score (nSPS) is 12.9. The Kier molecular flexibility index (Phi) is 7.46. The molecule has 2 aromatic heterocycles. The number of rotatable bonds is 9. The van der Waals surface area contributed by atoms with Crippen LogP contribution in [0, 0.1) is 6.92 Å². The van der Waals surface area contributed by atoms with Crippen molar-refractivity contribution in [2.45, 2.75) is 25.9 Å². The first-order chi connectivity index (χ1) is 17.2. The Bertz CT molecular complexity index is 1350. The van der Waals surface area contributed by atoms with E-state index in [0.29, 0.717) is 10.4 Å². The summed E-state index contributed by atoms with van der Waals surface area (Å²) in [6.07, 6.45) is 0.252. The number of anilines is 1. The molecule has 10 nitrogen and oxygen atoms in total. The van der Waals surface area contributed by atoms with Gasteiger partial charge in [0.05, 0.1) is 21.1 Å². The van der Waals surface area contributed by atoms with E-state index in [1.165, 1.54) is 11.3 Å². The van der Waals surface area contributed by atoms with Gasteiger partial charge in [0.15, 0.2) is 0 Å². The van der Waals surface area contributed by atoms with Gasteiger partial charge in [-0.1, -0.05) is 18.2 Å². The number of carboxylic acid groups (broad SMARTS) is 1. The molecular formula is C24H22N4O6S2. The zero-order valence-corrected chi connectivity index (χ0v) is 20.7. The van der Waals surface area contributed by atoms with Crippen molar-refractivity contribution in [2.75, 3.05) is 11.9 Å². The number of thiophene rings is 2. The molecule has 0 saturated carbocycles. The topological polar surface area (TPSA) is 154 Å². The number of hydrogen-bond donors (Lipinski definition) is 5. The lowest BCUT2D eigenvalue weighted by molar-refractivity contribution is -0.139. The Labute approximate surface area is 213 Å². The standard InChI is InChI=1S/C24H22N4O6S2/c1-12-8-18(22(31)25-10-13-4-2-5-15-14(13)9-19(29)27-15)36-20(12)23(32)28-16(24(33)34)11-26-21(30)17-6-3-7-35-17/h2-8,16H,9-11H2,1H3,(H,25,31)(H,26,30)(H,27,29)(H,28,32)(H,33,34). The average molecular weight is 527 g/mol. The van der Waals surface area contributed by atoms with Crippen LogP contribution in [0.4, 0.5) is 5.69 Å². The lowest BCUT2D eigenvalue weighted by atomic mass is 10.0. The third-order valence-corrected chi connectivity index (χ3v) is 7.59. The maximum absolute atomic E-state index is 12.8. The van der Waals surface area contributed by atoms with Crippen molar-refractivity contribution in [3.63, 3.8) is 0 Å². The number of amides is 4. The second kappa shape index (κ2) is 10.7. The summed E-state index contributed by atoms with van der Waals surface area (Å²) in [6.45, 7) is 1.56. The minimum Gasteiger partial charge on any atom is -0.480 e. The lowest BCUT2D eigenvalue weighted by Gasteiger charge is -2.15. The molecule has 3 heterocycles. The van der Waals surface area contributed by atoms with Crippen molar-refractivity contribution < 1.29 is 29.1 Å². The van der Waals surface area contributed by atoms with Crippen LogP contribution in [-0.2, 0) is 22.6 Å². The third-order valence-electron chi connectivity index (χ3n) is 5.49. The highest BCUT2D eigenvalue weighted by atomic mass is 32.1. The van der Waals surface area contributed by atoms with Crippen LogP contribution in [0.25, 0.3) is 0 Å². The molecule has 0 spiro atoms. The Hall–Kier alpha value is -4.03. The summed E-state index contributed by atoms with van der Waals surface area (Å²) >= 11 is 2.16. The van der Waals surface area contributed by atoms with E-state index in [4.69, 9.17) is 0 Å². The fraction of sp³-hybridized carbons (Fsp3) is 0.208. The number of fused-ring (bicyclic) bond motifs is 1. The Morgan fingerprint density at radius 2 is 1.83 bits per heavy atom. The molecule has 4 amide bonds. The van der Waals surface area contributed by atoms with Crippen LogP contribution < -0.4 is 21.3 Å². The molecule has 0 aliphatic carbocycles. The molecular weight excluding hydrogens is 504 g/mol. The van der Waals surface area contributed by atoms with Crippen LogP contribution >= 0.6 is 22.7 Å². The lowest BCUT2D eigenvalue weighted by Crippen LogP contribution is -2.48. The summed E-state index contributed by atoms with van der Waals surface area (Å²) < 4.78 is 0. The Morgan fingerprint density at radius 3 is 2.56 bits per heavy atom. The second-order valence-corrected chi connectivity index (χ2v) is 10.0. The van der Waals surface area contributed by atoms with E-state index in [2.05, 4.69) is 21.3 Å². The average Bonchev–Trinajstić information content (AvgIpc) is 3.59. The van der Waals surface area contributed by atoms with Gasteiger partial charge in [-0.3, -0.25) is 19.2 Å². The van der Waals surface area contributed by atoms with Crippen molar-refractivity contribution >= 4 is 58.0 Å². The minimum absolute atomic E-state index is 0.0981. The van der Waals surface area contributed by atoms with E-state index >= 15 is 0 Å². The summed E-state index contributed by atoms with van der Waals surface area (Å²) in [7, 11) is 0. The minimum atomic E-state index is -1.35. The highest BCUT2D eigenvalue weighted by Crippen LogP contribution is 2.27. The molecule has 1 aliphatic rings. The van der Waals surface area contributed by atoms with Crippen molar-refractivity contribution in [3.8, 4) is 0 Å². The van der Waals surface area contributed by atoms with Crippen molar-refractivity contribution in [1.82, 2.24) is 16.0 Å². The molecule has 4 rings (SSSR count). The van der Waals surface area contributed by atoms with Gasteiger partial charge in [0.1, 0.15) is 6.04 Å². The molecule has 0 fully saturated rings. The summed E-state index contributed by atoms with van der Waals surface area (Å²) in [4.78, 5) is 61.8. The molecule has 12 heteroatoms. The largest absolute Gasteiger partial charge is 0.480 e. The molecule has 1 aromatic carbocycles. The predicted octanol–water partition coefficient (Wildman–Crippen LogP) is 2.16. The molecule has 0 bridgehead atoms. The number of hydrogen-bond acceptors (Lipinski definition) is 7. The van der Waals surface area contributed by atoms with Crippen LogP contribution in [0.15, 0.2) is 41.8 Å². The molecule has 0 saturated heterocycles. The van der Waals surface area contributed by atoms with Gasteiger partial charge in [-0.05, 0) is 47.2 Å². The number of benzene rings is 1. The quantitative estimate of drug-likeness (QED) is 0.288. The van der Waals surface area contributed by atoms with Crippen LogP contribution in [0.1, 0.15) is 45.7 Å². The smallest absolute Gasteiger partial charge is 0.328 e. The van der Waals surface area contributed by atoms with Gasteiger partial charge in [0.25, 0.3) is 17.7 Å². The maximum atomic E-state index is 12.8. The Balaban J connectivity index is 1.37. The third kappa shape index (κ3) is 5.61. The zero-order chi connectivity index (χ0) is 25.8. The first kappa shape index (κ1) is 25.1. The fourth-order valence-corrected chi connectivity index (χ4v) is 5.31. The van der Waals surface area contributed by atoms with Gasteiger partial charge in [0.2, 0.25) is 5.91 Å². The second-order valence-electron chi connectivity index (χ2n) is 8.03. The van der Waals surface area contributed by atoms with Crippen molar-refractivity contribution in [1.29, 1.82) is 0 Å². The van der Waals surface area contributed by atoms with E-state index in [9.17, 15) is 29.1 Å². The number of carbonyl (C=O) groups is 5. The first-order valence-electron chi connectivity index (χ1n) is 10.9. The van der Waals surface area contributed by atoms with E-state index in [1.54, 1.807) is 42.6 Å². The highest BCUT2D eigenvalue weighted by Gasteiger charge is 2.25. The van der Waals surface area contributed by atoms with Gasteiger partial charge < -0.3 is 26.4 Å². The number of carboxylic acids is 1. The molecule has 186 valence electrons. The molecule has 3 aromatic rings. The van der Waals surface area contributed by atoms with E-state index in [-0.39, 0.29) is 35.2 Å². The number of aliphatic carboxylic acids is 1. The zero-order valence-electron chi connectivity index (χ0n) is 19.0. The molecule has 5 N–H and O–H groups in total. The van der Waals surface area contributed by atoms with Crippen LogP contribution in [0.2, 0.25) is 0 Å². The molecule has 1 atom stereocenters. The van der Waals surface area contributed by atoms with Gasteiger partial charge in [-0.15, -0.1) is 22.7 Å². The van der Waals surface area contributed by atoms with Crippen molar-refractivity contribution in [3.05, 3.63) is 73.1 Å². The maximum Gasteiger partial charge on any atom is 0.328 e. The number of carbonyl (C=O) groups excluding carboxylic acids is 4. The molecule has 1 aliphatic heterocycles. The van der Waals surface area contributed by atoms with Crippen LogP contribution in [0.3, 0.4) is 0 Å².